The zero-order valence-electron chi connectivity index (χ0n) is 23.6. The van der Waals surface area contributed by atoms with Gasteiger partial charge in [0.2, 0.25) is 5.95 Å². The lowest BCUT2D eigenvalue weighted by molar-refractivity contribution is -0.159. The van der Waals surface area contributed by atoms with Crippen LogP contribution in [-0.2, 0) is 16.0 Å². The third kappa shape index (κ3) is 6.81. The number of aromatic nitrogens is 2. The van der Waals surface area contributed by atoms with E-state index in [2.05, 4.69) is 35.4 Å². The normalized spacial score (nSPS) is 19.8. The summed E-state index contributed by atoms with van der Waals surface area (Å²) in [6.07, 6.45) is 0.809. The lowest BCUT2D eigenvalue weighted by atomic mass is 9.74. The highest BCUT2D eigenvalue weighted by molar-refractivity contribution is 5.83. The summed E-state index contributed by atoms with van der Waals surface area (Å²) in [6.45, 7) is 7.55. The molecule has 0 spiro atoms. The standard InChI is InChI=1S/C30H39F2N3O4/c1-18(2)23-13-7-19(3)15-25(23)35-26-17-27(37-5)20(8-14-28(36)38-6)16-24(26)34-29(35)33-21-9-11-22(12-10-21)39-30(4,31)32/h9-12,16-19,23,25H,7-8,13-15H2,1-6H3,(H,33,34)/t19-,23+,25-/m1/s1. The number of fused-ring (bicyclic) bond motifs is 1. The summed E-state index contributed by atoms with van der Waals surface area (Å²) in [4.78, 5) is 16.8. The second-order valence-corrected chi connectivity index (χ2v) is 11.0. The van der Waals surface area contributed by atoms with Gasteiger partial charge in [-0.1, -0.05) is 27.2 Å². The number of carbonyl (C=O) groups excluding carboxylic acids is 1. The van der Waals surface area contributed by atoms with Gasteiger partial charge in [0.1, 0.15) is 11.5 Å². The van der Waals surface area contributed by atoms with E-state index in [0.29, 0.717) is 48.5 Å². The molecule has 1 N–H and O–H groups in total. The number of anilines is 2. The third-order valence-corrected chi connectivity index (χ3v) is 7.64. The van der Waals surface area contributed by atoms with Gasteiger partial charge in [-0.05, 0) is 72.9 Å². The molecule has 0 aliphatic heterocycles. The first kappa shape index (κ1) is 28.6. The Morgan fingerprint density at radius 1 is 1.18 bits per heavy atom. The maximum Gasteiger partial charge on any atom is 0.394 e. The van der Waals surface area contributed by atoms with Crippen molar-refractivity contribution in [3.05, 3.63) is 42.0 Å². The van der Waals surface area contributed by atoms with Gasteiger partial charge >= 0.3 is 12.1 Å². The second-order valence-electron chi connectivity index (χ2n) is 11.0. The van der Waals surface area contributed by atoms with Crippen molar-refractivity contribution in [1.29, 1.82) is 0 Å². The van der Waals surface area contributed by atoms with Crippen LogP contribution in [0.25, 0.3) is 11.0 Å². The molecule has 2 aromatic carbocycles. The summed E-state index contributed by atoms with van der Waals surface area (Å²) in [6, 6.07) is 10.6. The first-order valence-electron chi connectivity index (χ1n) is 13.6. The molecule has 1 aliphatic carbocycles. The molecule has 1 aliphatic rings. The van der Waals surface area contributed by atoms with Gasteiger partial charge in [0, 0.05) is 31.1 Å². The summed E-state index contributed by atoms with van der Waals surface area (Å²) in [5.41, 5.74) is 3.34. The van der Waals surface area contributed by atoms with E-state index in [1.807, 2.05) is 12.1 Å². The first-order chi connectivity index (χ1) is 18.5. The number of halogens is 2. The van der Waals surface area contributed by atoms with E-state index in [-0.39, 0.29) is 24.2 Å². The molecule has 7 nitrogen and oxygen atoms in total. The molecule has 39 heavy (non-hydrogen) atoms. The summed E-state index contributed by atoms with van der Waals surface area (Å²) in [7, 11) is 3.01. The summed E-state index contributed by atoms with van der Waals surface area (Å²) >= 11 is 0. The van der Waals surface area contributed by atoms with Gasteiger partial charge in [-0.25, -0.2) is 4.98 Å². The van der Waals surface area contributed by atoms with Crippen molar-refractivity contribution in [1.82, 2.24) is 9.55 Å². The van der Waals surface area contributed by atoms with Crippen LogP contribution < -0.4 is 14.8 Å². The van der Waals surface area contributed by atoms with Gasteiger partial charge in [-0.3, -0.25) is 4.79 Å². The molecule has 4 rings (SSSR count). The highest BCUT2D eigenvalue weighted by atomic mass is 19.3. The van der Waals surface area contributed by atoms with Crippen LogP contribution in [0.1, 0.15) is 65.0 Å². The lowest BCUT2D eigenvalue weighted by Crippen LogP contribution is -2.30. The van der Waals surface area contributed by atoms with Crippen LogP contribution in [0.15, 0.2) is 36.4 Å². The lowest BCUT2D eigenvalue weighted by Gasteiger charge is -2.39. The Hall–Kier alpha value is -3.36. The van der Waals surface area contributed by atoms with Gasteiger partial charge in [-0.15, -0.1) is 0 Å². The van der Waals surface area contributed by atoms with E-state index in [9.17, 15) is 13.6 Å². The first-order valence-corrected chi connectivity index (χ1v) is 13.6. The fourth-order valence-corrected chi connectivity index (χ4v) is 5.70. The number of hydrogen-bond acceptors (Lipinski definition) is 6. The quantitative estimate of drug-likeness (QED) is 0.267. The minimum atomic E-state index is -3.25. The Labute approximate surface area is 228 Å². The molecule has 1 heterocycles. The van der Waals surface area contributed by atoms with Gasteiger partial charge in [0.05, 0.1) is 25.3 Å². The topological polar surface area (TPSA) is 74.6 Å². The van der Waals surface area contributed by atoms with E-state index >= 15 is 0 Å². The Kier molecular flexibility index (Phi) is 8.67. The second kappa shape index (κ2) is 11.8. The van der Waals surface area contributed by atoms with Crippen LogP contribution in [0.5, 0.6) is 11.5 Å². The number of aryl methyl sites for hydroxylation is 1. The zero-order chi connectivity index (χ0) is 28.3. The molecule has 0 amide bonds. The molecule has 1 saturated carbocycles. The largest absolute Gasteiger partial charge is 0.496 e. The van der Waals surface area contributed by atoms with Crippen molar-refractivity contribution < 1.29 is 27.8 Å². The smallest absolute Gasteiger partial charge is 0.394 e. The van der Waals surface area contributed by atoms with Crippen molar-refractivity contribution in [3.63, 3.8) is 0 Å². The predicted molar refractivity (Wildman–Crippen MR) is 148 cm³/mol. The molecule has 9 heteroatoms. The Bertz CT molecular complexity index is 1280. The number of nitrogens with zero attached hydrogens (tertiary/aromatic N) is 2. The van der Waals surface area contributed by atoms with E-state index in [1.165, 1.54) is 25.7 Å². The molecule has 212 valence electrons. The average molecular weight is 544 g/mol. The SMILES string of the molecule is COC(=O)CCc1cc2nc(Nc3ccc(OC(C)(F)F)cc3)n([C@@H]3C[C@H](C)CC[C@H]3C(C)C)c2cc1OC. The number of methoxy groups -OCH3 is 2. The van der Waals surface area contributed by atoms with Crippen LogP contribution in [0, 0.1) is 17.8 Å². The number of ether oxygens (including phenoxy) is 3. The fraction of sp³-hybridized carbons (Fsp3) is 0.533. The van der Waals surface area contributed by atoms with Crippen LogP contribution in [-0.4, -0.2) is 35.8 Å². The molecule has 0 radical (unpaired) electrons. The highest BCUT2D eigenvalue weighted by Crippen LogP contribution is 2.45. The van der Waals surface area contributed by atoms with E-state index in [1.54, 1.807) is 19.2 Å². The molecule has 3 atom stereocenters. The number of esters is 1. The molecular formula is C30H39F2N3O4. The molecule has 3 aromatic rings. The monoisotopic (exact) mass is 543 g/mol. The zero-order valence-corrected chi connectivity index (χ0v) is 23.6. The number of nitrogens with one attached hydrogen (secondary N) is 1. The number of rotatable bonds is 10. The highest BCUT2D eigenvalue weighted by Gasteiger charge is 2.34. The molecule has 0 saturated heterocycles. The van der Waals surface area contributed by atoms with Gasteiger partial charge in [0.15, 0.2) is 0 Å². The van der Waals surface area contributed by atoms with Crippen LogP contribution in [0.4, 0.5) is 20.4 Å². The maximum atomic E-state index is 13.3. The minimum absolute atomic E-state index is 0.0857. The predicted octanol–water partition coefficient (Wildman–Crippen LogP) is 7.52. The minimum Gasteiger partial charge on any atom is -0.496 e. The van der Waals surface area contributed by atoms with E-state index in [0.717, 1.165) is 29.4 Å². The fourth-order valence-electron chi connectivity index (χ4n) is 5.70. The van der Waals surface area contributed by atoms with Crippen molar-refractivity contribution in [2.45, 2.75) is 71.9 Å². The molecular weight excluding hydrogens is 504 g/mol. The van der Waals surface area contributed by atoms with Gasteiger partial charge in [-0.2, -0.15) is 8.78 Å². The Morgan fingerprint density at radius 2 is 1.90 bits per heavy atom. The van der Waals surface area contributed by atoms with Crippen molar-refractivity contribution in [2.24, 2.45) is 17.8 Å². The van der Waals surface area contributed by atoms with Crippen molar-refractivity contribution in [2.75, 3.05) is 19.5 Å². The number of hydrogen-bond donors (Lipinski definition) is 1. The third-order valence-electron chi connectivity index (χ3n) is 7.64. The van der Waals surface area contributed by atoms with E-state index in [4.69, 9.17) is 14.5 Å². The van der Waals surface area contributed by atoms with Crippen molar-refractivity contribution >= 4 is 28.6 Å². The average Bonchev–Trinajstić information content (AvgIpc) is 3.22. The van der Waals surface area contributed by atoms with Crippen LogP contribution >= 0.6 is 0 Å². The number of carbonyl (C=O) groups is 1. The van der Waals surface area contributed by atoms with Crippen LogP contribution in [0.2, 0.25) is 0 Å². The number of benzene rings is 2. The Morgan fingerprint density at radius 3 is 2.51 bits per heavy atom. The van der Waals surface area contributed by atoms with Gasteiger partial charge in [0.25, 0.3) is 0 Å². The number of alkyl halides is 2. The summed E-state index contributed by atoms with van der Waals surface area (Å²) in [5.74, 6) is 2.70. The van der Waals surface area contributed by atoms with E-state index < -0.39 is 6.11 Å². The Balaban J connectivity index is 1.79. The van der Waals surface area contributed by atoms with Crippen molar-refractivity contribution in [3.8, 4) is 11.5 Å². The maximum absolute atomic E-state index is 13.3. The number of imidazole rings is 1. The molecule has 0 unspecified atom stereocenters. The molecule has 1 aromatic heterocycles. The summed E-state index contributed by atoms with van der Waals surface area (Å²) < 4.78 is 44.1. The van der Waals surface area contributed by atoms with Crippen LogP contribution in [0.3, 0.4) is 0 Å². The molecule has 1 fully saturated rings. The van der Waals surface area contributed by atoms with Gasteiger partial charge < -0.3 is 24.1 Å². The summed E-state index contributed by atoms with van der Waals surface area (Å²) in [5, 5.41) is 3.43. The molecule has 0 bridgehead atoms.